The second-order valence-electron chi connectivity index (χ2n) is 4.38. The van der Waals surface area contributed by atoms with Crippen LogP contribution in [0.2, 0.25) is 0 Å². The van der Waals surface area contributed by atoms with Gasteiger partial charge in [-0.3, -0.25) is 0 Å². The van der Waals surface area contributed by atoms with Crippen molar-refractivity contribution in [2.24, 2.45) is 0 Å². The summed E-state index contributed by atoms with van der Waals surface area (Å²) >= 11 is 0. The van der Waals surface area contributed by atoms with Gasteiger partial charge in [-0.2, -0.15) is 0 Å². The van der Waals surface area contributed by atoms with Gasteiger partial charge in [0.1, 0.15) is 0 Å². The predicted molar refractivity (Wildman–Crippen MR) is 64.1 cm³/mol. The number of aliphatic hydroxyl groups excluding tert-OH is 2. The number of aliphatic hydroxyl groups is 2. The van der Waals surface area contributed by atoms with E-state index in [0.29, 0.717) is 18.5 Å². The Morgan fingerprint density at radius 2 is 1.88 bits per heavy atom. The van der Waals surface area contributed by atoms with E-state index in [1.54, 1.807) is 0 Å². The van der Waals surface area contributed by atoms with Gasteiger partial charge < -0.3 is 21.3 Å². The zero-order valence-corrected chi connectivity index (χ0v) is 9.13. The fourth-order valence-corrected chi connectivity index (χ4v) is 2.11. The number of rotatable bonds is 2. The first-order chi connectivity index (χ1) is 7.66. The molecule has 0 bridgehead atoms. The van der Waals surface area contributed by atoms with E-state index in [-0.39, 0.29) is 6.04 Å². The van der Waals surface area contributed by atoms with Crippen molar-refractivity contribution in [1.82, 2.24) is 0 Å². The average molecular weight is 222 g/mol. The molecule has 1 aromatic rings. The van der Waals surface area contributed by atoms with Crippen LogP contribution in [0.4, 0.5) is 11.4 Å². The highest BCUT2D eigenvalue weighted by Gasteiger charge is 2.27. The minimum absolute atomic E-state index is 0.183. The summed E-state index contributed by atoms with van der Waals surface area (Å²) in [5.74, 6) is 0. The second-order valence-corrected chi connectivity index (χ2v) is 4.38. The van der Waals surface area contributed by atoms with E-state index in [2.05, 4.69) is 5.32 Å². The third kappa shape index (κ3) is 2.46. The van der Waals surface area contributed by atoms with Gasteiger partial charge in [-0.15, -0.1) is 0 Å². The third-order valence-corrected chi connectivity index (χ3v) is 3.10. The lowest BCUT2D eigenvalue weighted by atomic mass is 9.90. The maximum Gasteiger partial charge on any atom is 0.0818 e. The van der Waals surface area contributed by atoms with Crippen LogP contribution in [0.5, 0.6) is 0 Å². The van der Waals surface area contributed by atoms with Crippen molar-refractivity contribution in [3.63, 3.8) is 0 Å². The summed E-state index contributed by atoms with van der Waals surface area (Å²) in [5.41, 5.74) is 7.44. The van der Waals surface area contributed by atoms with Crippen LogP contribution < -0.4 is 11.1 Å². The fraction of sp³-hybridized carbons (Fsp3) is 0.500. The van der Waals surface area contributed by atoms with Crippen LogP contribution in [0, 0.1) is 0 Å². The Morgan fingerprint density at radius 3 is 2.56 bits per heavy atom. The molecule has 1 aliphatic carbocycles. The van der Waals surface area contributed by atoms with E-state index < -0.39 is 12.2 Å². The molecular formula is C12H18N2O2. The lowest BCUT2D eigenvalue weighted by Gasteiger charge is -2.31. The van der Waals surface area contributed by atoms with Gasteiger partial charge in [0.25, 0.3) is 0 Å². The van der Waals surface area contributed by atoms with E-state index in [4.69, 9.17) is 5.73 Å². The summed E-state index contributed by atoms with van der Waals surface area (Å²) < 4.78 is 0. The van der Waals surface area contributed by atoms with Crippen molar-refractivity contribution in [1.29, 1.82) is 0 Å². The molecule has 1 aliphatic rings. The summed E-state index contributed by atoms with van der Waals surface area (Å²) in [6.07, 6.45) is 0.843. The Hall–Kier alpha value is -1.26. The molecule has 4 heteroatoms. The fourth-order valence-electron chi connectivity index (χ4n) is 2.11. The zero-order chi connectivity index (χ0) is 11.5. The van der Waals surface area contributed by atoms with Gasteiger partial charge in [-0.1, -0.05) is 12.1 Å². The van der Waals surface area contributed by atoms with Crippen molar-refractivity contribution < 1.29 is 10.2 Å². The van der Waals surface area contributed by atoms with Crippen LogP contribution in [0.15, 0.2) is 24.3 Å². The number of nitrogens with two attached hydrogens (primary N) is 1. The Balaban J connectivity index is 1.98. The summed E-state index contributed by atoms with van der Waals surface area (Å²) in [6.45, 7) is 0. The maximum atomic E-state index is 9.57. The standard InChI is InChI=1S/C12H18N2O2/c13-9-3-1-2-4-10(9)14-8-5-6-11(15)12(16)7-8/h1-4,8,11-12,14-16H,5-7,13H2/t8-,11+,12+/m1/s1. The molecule has 0 spiro atoms. The van der Waals surface area contributed by atoms with Crippen LogP contribution in [0.3, 0.4) is 0 Å². The molecule has 0 unspecified atom stereocenters. The number of anilines is 2. The molecule has 0 amide bonds. The van der Waals surface area contributed by atoms with Crippen molar-refractivity contribution in [2.45, 2.75) is 37.5 Å². The summed E-state index contributed by atoms with van der Waals surface area (Å²) in [4.78, 5) is 0. The van der Waals surface area contributed by atoms with Crippen LogP contribution >= 0.6 is 0 Å². The van der Waals surface area contributed by atoms with Gasteiger partial charge in [0.05, 0.1) is 23.6 Å². The first-order valence-corrected chi connectivity index (χ1v) is 5.64. The normalized spacial score (nSPS) is 30.0. The summed E-state index contributed by atoms with van der Waals surface area (Å²) in [5, 5.41) is 22.3. The molecule has 16 heavy (non-hydrogen) atoms. The summed E-state index contributed by atoms with van der Waals surface area (Å²) in [7, 11) is 0. The van der Waals surface area contributed by atoms with Gasteiger partial charge >= 0.3 is 0 Å². The number of nitrogens with one attached hydrogen (secondary N) is 1. The number of hydrogen-bond donors (Lipinski definition) is 4. The Kier molecular flexibility index (Phi) is 3.31. The highest BCUT2D eigenvalue weighted by molar-refractivity contribution is 5.65. The zero-order valence-electron chi connectivity index (χ0n) is 9.13. The number of benzene rings is 1. The molecule has 1 aromatic carbocycles. The second kappa shape index (κ2) is 4.72. The van der Waals surface area contributed by atoms with Crippen molar-refractivity contribution in [3.8, 4) is 0 Å². The lowest BCUT2D eigenvalue weighted by Crippen LogP contribution is -2.39. The highest BCUT2D eigenvalue weighted by Crippen LogP contribution is 2.25. The highest BCUT2D eigenvalue weighted by atomic mass is 16.3. The molecule has 0 saturated heterocycles. The lowest BCUT2D eigenvalue weighted by molar-refractivity contribution is -0.0119. The SMILES string of the molecule is Nc1ccccc1N[C@@H]1CC[C@H](O)[C@@H](O)C1. The van der Waals surface area contributed by atoms with E-state index >= 15 is 0 Å². The van der Waals surface area contributed by atoms with Crippen molar-refractivity contribution >= 4 is 11.4 Å². The molecule has 5 N–H and O–H groups in total. The minimum atomic E-state index is -0.629. The monoisotopic (exact) mass is 222 g/mol. The van der Waals surface area contributed by atoms with Crippen LogP contribution in [0.1, 0.15) is 19.3 Å². The smallest absolute Gasteiger partial charge is 0.0818 e. The Morgan fingerprint density at radius 1 is 1.12 bits per heavy atom. The molecule has 3 atom stereocenters. The van der Waals surface area contributed by atoms with E-state index in [0.717, 1.165) is 12.1 Å². The van der Waals surface area contributed by atoms with Gasteiger partial charge in [-0.05, 0) is 31.4 Å². The van der Waals surface area contributed by atoms with Gasteiger partial charge in [0, 0.05) is 6.04 Å². The van der Waals surface area contributed by atoms with Gasteiger partial charge in [-0.25, -0.2) is 0 Å². The maximum absolute atomic E-state index is 9.57. The largest absolute Gasteiger partial charge is 0.397 e. The van der Waals surface area contributed by atoms with Crippen molar-refractivity contribution in [2.75, 3.05) is 11.1 Å². The number of nitrogen functional groups attached to an aromatic ring is 1. The predicted octanol–water partition coefficient (Wildman–Crippen LogP) is 0.955. The quantitative estimate of drug-likeness (QED) is 0.562. The topological polar surface area (TPSA) is 78.5 Å². The number of hydrogen-bond acceptors (Lipinski definition) is 4. The third-order valence-electron chi connectivity index (χ3n) is 3.10. The molecule has 0 aliphatic heterocycles. The van der Waals surface area contributed by atoms with Crippen molar-refractivity contribution in [3.05, 3.63) is 24.3 Å². The molecule has 1 fully saturated rings. The molecular weight excluding hydrogens is 204 g/mol. The molecule has 2 rings (SSSR count). The first kappa shape index (κ1) is 11.2. The Bertz CT molecular complexity index is 357. The molecule has 88 valence electrons. The van der Waals surface area contributed by atoms with Gasteiger partial charge in [0.2, 0.25) is 0 Å². The number of para-hydroxylation sites is 2. The first-order valence-electron chi connectivity index (χ1n) is 5.64. The Labute approximate surface area is 95.1 Å². The van der Waals surface area contributed by atoms with E-state index in [9.17, 15) is 10.2 Å². The minimum Gasteiger partial charge on any atom is -0.397 e. The van der Waals surface area contributed by atoms with E-state index in [1.807, 2.05) is 24.3 Å². The molecule has 1 saturated carbocycles. The molecule has 0 heterocycles. The van der Waals surface area contributed by atoms with Crippen LogP contribution in [-0.2, 0) is 0 Å². The average Bonchev–Trinajstić information content (AvgIpc) is 2.27. The molecule has 0 radical (unpaired) electrons. The van der Waals surface area contributed by atoms with E-state index in [1.165, 1.54) is 0 Å². The van der Waals surface area contributed by atoms with Gasteiger partial charge in [0.15, 0.2) is 0 Å². The molecule has 4 nitrogen and oxygen atoms in total. The van der Waals surface area contributed by atoms with Crippen LogP contribution in [0.25, 0.3) is 0 Å². The summed E-state index contributed by atoms with van der Waals surface area (Å²) in [6, 6.07) is 7.76. The molecule has 0 aromatic heterocycles. The van der Waals surface area contributed by atoms with Crippen LogP contribution in [-0.4, -0.2) is 28.5 Å².